The van der Waals surface area contributed by atoms with Crippen LogP contribution >= 0.6 is 0 Å². The molecule has 0 aromatic carbocycles. The van der Waals surface area contributed by atoms with Crippen LogP contribution in [0.1, 0.15) is 6.92 Å². The number of ketones is 1. The quantitative estimate of drug-likeness (QED) is 0.516. The molecule has 0 saturated heterocycles. The van der Waals surface area contributed by atoms with Gasteiger partial charge in [-0.1, -0.05) is 0 Å². The molecule has 0 N–H and O–H groups in total. The van der Waals surface area contributed by atoms with Crippen molar-refractivity contribution in [2.24, 2.45) is 0 Å². The average molecular weight is 141 g/mol. The first kappa shape index (κ1) is 8.88. The van der Waals surface area contributed by atoms with Gasteiger partial charge >= 0.3 is 0 Å². The Morgan fingerprint density at radius 2 is 1.70 bits per heavy atom. The van der Waals surface area contributed by atoms with Crippen molar-refractivity contribution in [2.45, 2.75) is 6.92 Å². The van der Waals surface area contributed by atoms with E-state index in [1.165, 1.54) is 24.0 Å². The molecule has 0 rings (SSSR count). The normalized spacial score (nSPS) is 9.90. The average Bonchev–Trinajstić information content (AvgIpc) is 1.82. The second-order valence-corrected chi connectivity index (χ2v) is 2.18. The van der Waals surface area contributed by atoms with Crippen LogP contribution < -0.4 is 0 Å². The number of allylic oxidation sites excluding steroid dienone is 1. The van der Waals surface area contributed by atoms with Crippen molar-refractivity contribution in [2.75, 3.05) is 14.1 Å². The van der Waals surface area contributed by atoms with Gasteiger partial charge in [0.05, 0.1) is 0 Å². The van der Waals surface area contributed by atoms with Crippen LogP contribution in [-0.4, -0.2) is 30.7 Å². The minimum Gasteiger partial charge on any atom is -0.345 e. The summed E-state index contributed by atoms with van der Waals surface area (Å²) in [5.41, 5.74) is 0. The van der Waals surface area contributed by atoms with Gasteiger partial charge in [0.1, 0.15) is 0 Å². The van der Waals surface area contributed by atoms with E-state index in [1.54, 1.807) is 14.1 Å². The number of carbonyl (C=O) groups excluding carboxylic acids is 2. The lowest BCUT2D eigenvalue weighted by molar-refractivity contribution is -0.124. The van der Waals surface area contributed by atoms with Crippen LogP contribution in [0, 0.1) is 0 Å². The molecule has 0 aliphatic carbocycles. The molecule has 0 aromatic rings. The lowest BCUT2D eigenvalue weighted by atomic mass is 10.4. The molecule has 0 bridgehead atoms. The molecule has 3 nitrogen and oxygen atoms in total. The molecule has 0 radical (unpaired) electrons. The Hall–Kier alpha value is -1.12. The van der Waals surface area contributed by atoms with Crippen LogP contribution in [0.15, 0.2) is 12.2 Å². The molecule has 0 atom stereocenters. The molecule has 0 spiro atoms. The molecule has 0 aromatic heterocycles. The van der Waals surface area contributed by atoms with Crippen LogP contribution in [0.3, 0.4) is 0 Å². The third kappa shape index (κ3) is 3.83. The van der Waals surface area contributed by atoms with Gasteiger partial charge < -0.3 is 4.90 Å². The summed E-state index contributed by atoms with van der Waals surface area (Å²) in [4.78, 5) is 22.4. The molecular weight excluding hydrogens is 130 g/mol. The van der Waals surface area contributed by atoms with Gasteiger partial charge in [-0.25, -0.2) is 0 Å². The first-order valence-electron chi connectivity index (χ1n) is 2.94. The van der Waals surface area contributed by atoms with Gasteiger partial charge in [-0.2, -0.15) is 0 Å². The van der Waals surface area contributed by atoms with Gasteiger partial charge in [0.2, 0.25) is 5.91 Å². The van der Waals surface area contributed by atoms with Crippen molar-refractivity contribution in [3.05, 3.63) is 12.2 Å². The molecule has 3 heteroatoms. The van der Waals surface area contributed by atoms with Gasteiger partial charge in [0, 0.05) is 20.2 Å². The van der Waals surface area contributed by atoms with Crippen molar-refractivity contribution < 1.29 is 9.59 Å². The van der Waals surface area contributed by atoms with Crippen LogP contribution in [-0.2, 0) is 9.59 Å². The van der Waals surface area contributed by atoms with E-state index >= 15 is 0 Å². The van der Waals surface area contributed by atoms with Crippen molar-refractivity contribution in [1.82, 2.24) is 4.90 Å². The molecule has 0 saturated carbocycles. The van der Waals surface area contributed by atoms with E-state index in [4.69, 9.17) is 0 Å². The summed E-state index contributed by atoms with van der Waals surface area (Å²) in [5, 5.41) is 0. The fourth-order valence-corrected chi connectivity index (χ4v) is 0.338. The fourth-order valence-electron chi connectivity index (χ4n) is 0.338. The maximum atomic E-state index is 10.7. The van der Waals surface area contributed by atoms with Gasteiger partial charge in [-0.05, 0) is 13.0 Å². The minimum atomic E-state index is -0.171. The van der Waals surface area contributed by atoms with E-state index in [1.807, 2.05) is 0 Å². The molecule has 0 aliphatic rings. The van der Waals surface area contributed by atoms with Gasteiger partial charge in [0.25, 0.3) is 0 Å². The van der Waals surface area contributed by atoms with E-state index in [9.17, 15) is 9.59 Å². The molecule has 1 amide bonds. The smallest absolute Gasteiger partial charge is 0.246 e. The Kier molecular flexibility index (Phi) is 3.39. The standard InChI is InChI=1S/C7H11NO2/c1-6(9)4-5-7(10)8(2)3/h4-5H,1-3H3/b5-4+. The highest BCUT2D eigenvalue weighted by Crippen LogP contribution is 1.81. The van der Waals surface area contributed by atoms with Gasteiger partial charge in [0.15, 0.2) is 5.78 Å². The third-order valence-corrected chi connectivity index (χ3v) is 0.901. The van der Waals surface area contributed by atoms with Crippen LogP contribution in [0.25, 0.3) is 0 Å². The molecule has 0 aliphatic heterocycles. The first-order valence-corrected chi connectivity index (χ1v) is 2.94. The van der Waals surface area contributed by atoms with E-state index < -0.39 is 0 Å². The molecule has 56 valence electrons. The Morgan fingerprint density at radius 3 is 2.00 bits per heavy atom. The molecule has 0 fully saturated rings. The summed E-state index contributed by atoms with van der Waals surface area (Å²) in [5.74, 6) is -0.287. The summed E-state index contributed by atoms with van der Waals surface area (Å²) in [6.45, 7) is 1.40. The number of amides is 1. The van der Waals surface area contributed by atoms with Gasteiger partial charge in [-0.3, -0.25) is 9.59 Å². The summed E-state index contributed by atoms with van der Waals surface area (Å²) >= 11 is 0. The van der Waals surface area contributed by atoms with Crippen molar-refractivity contribution in [3.8, 4) is 0 Å². The Morgan fingerprint density at radius 1 is 1.20 bits per heavy atom. The Balaban J connectivity index is 3.90. The monoisotopic (exact) mass is 141 g/mol. The van der Waals surface area contributed by atoms with E-state index in [0.29, 0.717) is 0 Å². The summed E-state index contributed by atoms with van der Waals surface area (Å²) < 4.78 is 0. The summed E-state index contributed by atoms with van der Waals surface area (Å²) in [6, 6.07) is 0. The SMILES string of the molecule is CC(=O)/C=C/C(=O)N(C)C. The second kappa shape index (κ2) is 3.82. The van der Waals surface area contributed by atoms with E-state index in [2.05, 4.69) is 0 Å². The molecule has 0 unspecified atom stereocenters. The second-order valence-electron chi connectivity index (χ2n) is 2.18. The predicted molar refractivity (Wildman–Crippen MR) is 38.5 cm³/mol. The lowest BCUT2D eigenvalue weighted by Crippen LogP contribution is -2.18. The largest absolute Gasteiger partial charge is 0.345 e. The van der Waals surface area contributed by atoms with Crippen LogP contribution in [0.2, 0.25) is 0 Å². The Labute approximate surface area is 60.3 Å². The highest BCUT2D eigenvalue weighted by Gasteiger charge is 1.95. The van der Waals surface area contributed by atoms with Crippen molar-refractivity contribution >= 4 is 11.7 Å². The molecule has 0 heterocycles. The third-order valence-electron chi connectivity index (χ3n) is 0.901. The van der Waals surface area contributed by atoms with Crippen molar-refractivity contribution in [3.63, 3.8) is 0 Å². The summed E-state index contributed by atoms with van der Waals surface area (Å²) in [7, 11) is 3.26. The van der Waals surface area contributed by atoms with Crippen molar-refractivity contribution in [1.29, 1.82) is 0 Å². The predicted octanol–water partition coefficient (Wildman–Crippen LogP) is 0.220. The summed E-state index contributed by atoms with van der Waals surface area (Å²) in [6.07, 6.45) is 2.50. The van der Waals surface area contributed by atoms with E-state index in [0.717, 1.165) is 0 Å². The highest BCUT2D eigenvalue weighted by molar-refractivity contribution is 5.96. The zero-order chi connectivity index (χ0) is 8.15. The number of nitrogens with zero attached hydrogens (tertiary/aromatic N) is 1. The Bertz CT molecular complexity index is 170. The minimum absolute atomic E-state index is 0.116. The number of hydrogen-bond acceptors (Lipinski definition) is 2. The fraction of sp³-hybridized carbons (Fsp3) is 0.429. The maximum Gasteiger partial charge on any atom is 0.246 e. The number of hydrogen-bond donors (Lipinski definition) is 0. The number of likely N-dealkylation sites (N-methyl/N-ethyl adjacent to an activating group) is 1. The lowest BCUT2D eigenvalue weighted by Gasteiger charge is -2.04. The highest BCUT2D eigenvalue weighted by atomic mass is 16.2. The van der Waals surface area contributed by atoms with Crippen LogP contribution in [0.4, 0.5) is 0 Å². The molecular formula is C7H11NO2. The van der Waals surface area contributed by atoms with Gasteiger partial charge in [-0.15, -0.1) is 0 Å². The zero-order valence-corrected chi connectivity index (χ0v) is 6.42. The number of carbonyl (C=O) groups is 2. The molecule has 10 heavy (non-hydrogen) atoms. The number of rotatable bonds is 2. The maximum absolute atomic E-state index is 10.7. The zero-order valence-electron chi connectivity index (χ0n) is 6.42. The van der Waals surface area contributed by atoms with E-state index in [-0.39, 0.29) is 11.7 Å². The topological polar surface area (TPSA) is 37.4 Å². The first-order chi connectivity index (χ1) is 4.54. The van der Waals surface area contributed by atoms with Crippen LogP contribution in [0.5, 0.6) is 0 Å².